The van der Waals surface area contributed by atoms with Crippen LogP contribution in [0.1, 0.15) is 28.0 Å². The van der Waals surface area contributed by atoms with Gasteiger partial charge in [0, 0.05) is 17.0 Å². The first kappa shape index (κ1) is 17.4. The SMILES string of the molecule is CCn1c(C)nc2cc(C(=O)NNC(=S)NCc3cccs3)ccc21. The van der Waals surface area contributed by atoms with Gasteiger partial charge in [0.05, 0.1) is 17.6 Å². The van der Waals surface area contributed by atoms with Gasteiger partial charge in [-0.2, -0.15) is 0 Å². The van der Waals surface area contributed by atoms with Gasteiger partial charge in [-0.3, -0.25) is 15.6 Å². The van der Waals surface area contributed by atoms with Crippen LogP contribution in [-0.2, 0) is 13.1 Å². The average Bonchev–Trinajstić information content (AvgIpc) is 3.23. The third-order valence-corrected chi connectivity index (χ3v) is 4.93. The van der Waals surface area contributed by atoms with Crippen molar-refractivity contribution >= 4 is 45.6 Å². The quantitative estimate of drug-likeness (QED) is 0.485. The summed E-state index contributed by atoms with van der Waals surface area (Å²) in [6, 6.07) is 9.49. The lowest BCUT2D eigenvalue weighted by atomic mass is 10.2. The second-order valence-electron chi connectivity index (χ2n) is 5.45. The molecule has 3 aromatic rings. The highest BCUT2D eigenvalue weighted by Gasteiger charge is 2.11. The number of hydrogen-bond donors (Lipinski definition) is 3. The Hall–Kier alpha value is -2.45. The molecule has 0 bridgehead atoms. The van der Waals surface area contributed by atoms with Crippen LogP contribution in [0, 0.1) is 6.92 Å². The van der Waals surface area contributed by atoms with E-state index in [1.165, 1.54) is 4.88 Å². The Morgan fingerprint density at radius 2 is 2.16 bits per heavy atom. The van der Waals surface area contributed by atoms with E-state index in [1.807, 2.05) is 30.5 Å². The number of nitrogens with one attached hydrogen (secondary N) is 3. The summed E-state index contributed by atoms with van der Waals surface area (Å²) in [5.74, 6) is 0.679. The summed E-state index contributed by atoms with van der Waals surface area (Å²) < 4.78 is 2.11. The van der Waals surface area contributed by atoms with Crippen LogP contribution in [0.25, 0.3) is 11.0 Å². The number of aryl methyl sites for hydroxylation is 2. The molecule has 0 radical (unpaired) electrons. The first-order valence-electron chi connectivity index (χ1n) is 7.92. The largest absolute Gasteiger partial charge is 0.356 e. The molecule has 8 heteroatoms. The van der Waals surface area contributed by atoms with Crippen molar-refractivity contribution in [3.8, 4) is 0 Å². The Labute approximate surface area is 155 Å². The zero-order chi connectivity index (χ0) is 17.8. The summed E-state index contributed by atoms with van der Waals surface area (Å²) in [4.78, 5) is 18.0. The van der Waals surface area contributed by atoms with Crippen LogP contribution in [0.2, 0.25) is 0 Å². The van der Waals surface area contributed by atoms with Crippen LogP contribution < -0.4 is 16.2 Å². The van der Waals surface area contributed by atoms with E-state index in [0.717, 1.165) is 23.4 Å². The van der Waals surface area contributed by atoms with Gasteiger partial charge in [-0.1, -0.05) is 6.07 Å². The van der Waals surface area contributed by atoms with Gasteiger partial charge < -0.3 is 9.88 Å². The summed E-state index contributed by atoms with van der Waals surface area (Å²) in [7, 11) is 0. The molecular weight excluding hydrogens is 354 g/mol. The van der Waals surface area contributed by atoms with Gasteiger partial charge >= 0.3 is 0 Å². The fourth-order valence-electron chi connectivity index (χ4n) is 2.60. The van der Waals surface area contributed by atoms with Gasteiger partial charge in [-0.25, -0.2) is 4.98 Å². The molecule has 6 nitrogen and oxygen atoms in total. The molecule has 2 aromatic heterocycles. The van der Waals surface area contributed by atoms with Crippen molar-refractivity contribution in [3.63, 3.8) is 0 Å². The molecule has 0 aliphatic rings. The lowest BCUT2D eigenvalue weighted by molar-refractivity contribution is 0.0944. The number of hydrogen-bond acceptors (Lipinski definition) is 4. The second-order valence-corrected chi connectivity index (χ2v) is 6.89. The van der Waals surface area contributed by atoms with Gasteiger partial charge in [0.2, 0.25) is 0 Å². The van der Waals surface area contributed by atoms with E-state index in [9.17, 15) is 4.79 Å². The molecule has 0 unspecified atom stereocenters. The molecule has 0 aliphatic carbocycles. The Kier molecular flexibility index (Phi) is 5.30. The first-order chi connectivity index (χ1) is 12.1. The number of benzene rings is 1. The summed E-state index contributed by atoms with van der Waals surface area (Å²) in [5, 5.41) is 5.42. The molecule has 25 heavy (non-hydrogen) atoms. The number of amides is 1. The standard InChI is InChI=1S/C17H19N5OS2/c1-3-22-11(2)19-14-9-12(6-7-15(14)22)16(23)20-21-17(24)18-10-13-5-4-8-25-13/h4-9H,3,10H2,1-2H3,(H,20,23)(H2,18,21,24). The molecule has 130 valence electrons. The van der Waals surface area contributed by atoms with Crippen molar-refractivity contribution in [1.29, 1.82) is 0 Å². The molecule has 0 fully saturated rings. The monoisotopic (exact) mass is 373 g/mol. The molecule has 3 N–H and O–H groups in total. The first-order valence-corrected chi connectivity index (χ1v) is 9.20. The van der Waals surface area contributed by atoms with Crippen LogP contribution >= 0.6 is 23.6 Å². The third kappa shape index (κ3) is 3.97. The van der Waals surface area contributed by atoms with Crippen LogP contribution in [0.15, 0.2) is 35.7 Å². The Morgan fingerprint density at radius 3 is 2.88 bits per heavy atom. The zero-order valence-corrected chi connectivity index (χ0v) is 15.6. The lowest BCUT2D eigenvalue weighted by Gasteiger charge is -2.11. The van der Waals surface area contributed by atoms with E-state index in [2.05, 4.69) is 32.6 Å². The smallest absolute Gasteiger partial charge is 0.269 e. The minimum absolute atomic E-state index is 0.258. The highest BCUT2D eigenvalue weighted by Crippen LogP contribution is 2.17. The van der Waals surface area contributed by atoms with Gasteiger partial charge in [0.1, 0.15) is 5.82 Å². The average molecular weight is 374 g/mol. The van der Waals surface area contributed by atoms with E-state index in [-0.39, 0.29) is 5.91 Å². The van der Waals surface area contributed by atoms with E-state index in [0.29, 0.717) is 17.2 Å². The third-order valence-electron chi connectivity index (χ3n) is 3.81. The number of thiocarbonyl (C=S) groups is 1. The van der Waals surface area contributed by atoms with Crippen LogP contribution in [-0.4, -0.2) is 20.6 Å². The highest BCUT2D eigenvalue weighted by molar-refractivity contribution is 7.80. The lowest BCUT2D eigenvalue weighted by Crippen LogP contribution is -2.46. The molecule has 0 saturated heterocycles. The molecular formula is C17H19N5OS2. The second kappa shape index (κ2) is 7.62. The molecule has 1 amide bonds. The number of rotatable bonds is 4. The summed E-state index contributed by atoms with van der Waals surface area (Å²) in [6.45, 7) is 5.50. The molecule has 0 atom stereocenters. The maximum absolute atomic E-state index is 12.3. The number of aromatic nitrogens is 2. The van der Waals surface area contributed by atoms with E-state index >= 15 is 0 Å². The topological polar surface area (TPSA) is 71.0 Å². The van der Waals surface area contributed by atoms with Crippen LogP contribution in [0.5, 0.6) is 0 Å². The molecule has 0 aliphatic heterocycles. The van der Waals surface area contributed by atoms with E-state index < -0.39 is 0 Å². The minimum atomic E-state index is -0.258. The number of carbonyl (C=O) groups excluding carboxylic acids is 1. The van der Waals surface area contributed by atoms with Crippen LogP contribution in [0.4, 0.5) is 0 Å². The van der Waals surface area contributed by atoms with Crippen molar-refractivity contribution in [2.75, 3.05) is 0 Å². The fourth-order valence-corrected chi connectivity index (χ4v) is 3.37. The minimum Gasteiger partial charge on any atom is -0.356 e. The zero-order valence-electron chi connectivity index (χ0n) is 14.0. The molecule has 0 spiro atoms. The van der Waals surface area contributed by atoms with Crippen LogP contribution in [0.3, 0.4) is 0 Å². The predicted octanol–water partition coefficient (Wildman–Crippen LogP) is 2.74. The van der Waals surface area contributed by atoms with Gasteiger partial charge in [0.25, 0.3) is 5.91 Å². The van der Waals surface area contributed by atoms with Gasteiger partial charge in [-0.05, 0) is 55.7 Å². The maximum atomic E-state index is 12.3. The number of imidazole rings is 1. The summed E-state index contributed by atoms with van der Waals surface area (Å²) >= 11 is 6.81. The van der Waals surface area contributed by atoms with Crippen molar-refractivity contribution in [2.45, 2.75) is 26.9 Å². The van der Waals surface area contributed by atoms with Crippen molar-refractivity contribution in [3.05, 3.63) is 52.0 Å². The summed E-state index contributed by atoms with van der Waals surface area (Å²) in [6.07, 6.45) is 0. The summed E-state index contributed by atoms with van der Waals surface area (Å²) in [5.41, 5.74) is 7.69. The number of nitrogens with zero attached hydrogens (tertiary/aromatic N) is 2. The van der Waals surface area contributed by atoms with Crippen molar-refractivity contribution in [1.82, 2.24) is 25.7 Å². The van der Waals surface area contributed by atoms with Gasteiger partial charge in [0.15, 0.2) is 5.11 Å². The number of thiophene rings is 1. The Morgan fingerprint density at radius 1 is 1.32 bits per heavy atom. The van der Waals surface area contributed by atoms with E-state index in [1.54, 1.807) is 23.5 Å². The Balaban J connectivity index is 1.59. The van der Waals surface area contributed by atoms with Crippen molar-refractivity contribution in [2.24, 2.45) is 0 Å². The molecule has 0 saturated carbocycles. The fraction of sp³-hybridized carbons (Fsp3) is 0.235. The molecule has 3 rings (SSSR count). The normalized spacial score (nSPS) is 10.6. The number of carbonyl (C=O) groups is 1. The highest BCUT2D eigenvalue weighted by atomic mass is 32.1. The van der Waals surface area contributed by atoms with E-state index in [4.69, 9.17) is 12.2 Å². The molecule has 2 heterocycles. The predicted molar refractivity (Wildman–Crippen MR) is 105 cm³/mol. The van der Waals surface area contributed by atoms with Crippen molar-refractivity contribution < 1.29 is 4.79 Å². The number of fused-ring (bicyclic) bond motifs is 1. The Bertz CT molecular complexity index is 901. The molecule has 1 aromatic carbocycles. The number of hydrazine groups is 1. The van der Waals surface area contributed by atoms with Gasteiger partial charge in [-0.15, -0.1) is 11.3 Å². The maximum Gasteiger partial charge on any atom is 0.269 e.